The lowest BCUT2D eigenvalue weighted by Gasteiger charge is -2.14. The van der Waals surface area contributed by atoms with Gasteiger partial charge in [-0.3, -0.25) is 4.79 Å². The van der Waals surface area contributed by atoms with Gasteiger partial charge in [0.15, 0.2) is 6.61 Å². The van der Waals surface area contributed by atoms with Crippen molar-refractivity contribution in [1.29, 1.82) is 0 Å². The number of halogens is 1. The van der Waals surface area contributed by atoms with Crippen molar-refractivity contribution in [2.75, 3.05) is 12.3 Å². The minimum Gasteiger partial charge on any atom is -0.452 e. The Hall–Kier alpha value is -2.11. The van der Waals surface area contributed by atoms with Gasteiger partial charge in [0.1, 0.15) is 5.82 Å². The number of nitrogens with one attached hydrogen (secondary N) is 1. The molecule has 0 atom stereocenters. The van der Waals surface area contributed by atoms with Gasteiger partial charge in [-0.25, -0.2) is 9.18 Å². The summed E-state index contributed by atoms with van der Waals surface area (Å²) in [6.07, 6.45) is 1.61. The Labute approximate surface area is 117 Å². The van der Waals surface area contributed by atoms with Gasteiger partial charge >= 0.3 is 5.97 Å². The number of carbonyl (C=O) groups excluding carboxylic acids is 2. The average molecular weight is 282 g/mol. The summed E-state index contributed by atoms with van der Waals surface area (Å²) in [6, 6.07) is 3.67. The van der Waals surface area contributed by atoms with Crippen LogP contribution in [-0.2, 0) is 9.53 Å². The van der Waals surface area contributed by atoms with Crippen LogP contribution in [0, 0.1) is 5.82 Å². The molecule has 0 spiro atoms. The van der Waals surface area contributed by atoms with Crippen LogP contribution >= 0.6 is 0 Å². The van der Waals surface area contributed by atoms with Crippen LogP contribution in [0.4, 0.5) is 10.1 Å². The molecule has 0 saturated heterocycles. The summed E-state index contributed by atoms with van der Waals surface area (Å²) in [5, 5.41) is 2.73. The third kappa shape index (κ3) is 4.53. The van der Waals surface area contributed by atoms with Crippen molar-refractivity contribution in [3.8, 4) is 0 Å². The van der Waals surface area contributed by atoms with Gasteiger partial charge < -0.3 is 15.8 Å². The molecule has 0 heterocycles. The molecule has 0 aliphatic heterocycles. The predicted octanol–water partition coefficient (Wildman–Crippen LogP) is 1.87. The first-order valence-corrected chi connectivity index (χ1v) is 6.49. The zero-order valence-corrected chi connectivity index (χ0v) is 11.6. The number of ether oxygens (including phenoxy) is 1. The lowest BCUT2D eigenvalue weighted by molar-refractivity contribution is -0.125. The van der Waals surface area contributed by atoms with Crippen LogP contribution in [0.1, 0.15) is 37.0 Å². The number of rotatable bonds is 6. The number of anilines is 1. The number of carbonyl (C=O) groups is 2. The van der Waals surface area contributed by atoms with Gasteiger partial charge in [0.25, 0.3) is 5.91 Å². The van der Waals surface area contributed by atoms with Crippen LogP contribution in [-0.4, -0.2) is 24.5 Å². The Kier molecular flexibility index (Phi) is 5.96. The van der Waals surface area contributed by atoms with Crippen LogP contribution in [0.3, 0.4) is 0 Å². The first-order chi connectivity index (χ1) is 9.47. The summed E-state index contributed by atoms with van der Waals surface area (Å²) in [7, 11) is 0. The van der Waals surface area contributed by atoms with E-state index in [1.165, 1.54) is 12.1 Å². The third-order valence-corrected chi connectivity index (χ3v) is 2.92. The molecule has 0 fully saturated rings. The maximum Gasteiger partial charge on any atom is 0.338 e. The molecule has 1 aromatic rings. The van der Waals surface area contributed by atoms with Crippen molar-refractivity contribution >= 4 is 17.6 Å². The molecule has 20 heavy (non-hydrogen) atoms. The van der Waals surface area contributed by atoms with E-state index in [0.717, 1.165) is 18.9 Å². The van der Waals surface area contributed by atoms with Gasteiger partial charge in [0.05, 0.1) is 11.3 Å². The van der Waals surface area contributed by atoms with E-state index in [-0.39, 0.29) is 29.8 Å². The Morgan fingerprint density at radius 2 is 2.00 bits per heavy atom. The number of amides is 1. The average Bonchev–Trinajstić information content (AvgIpc) is 2.45. The maximum atomic E-state index is 13.2. The molecular formula is C14H19FN2O3. The largest absolute Gasteiger partial charge is 0.452 e. The summed E-state index contributed by atoms with van der Waals surface area (Å²) >= 11 is 0. The van der Waals surface area contributed by atoms with Crippen LogP contribution in [0.25, 0.3) is 0 Å². The highest BCUT2D eigenvalue weighted by Crippen LogP contribution is 2.12. The molecule has 1 rings (SSSR count). The Bertz CT molecular complexity index is 487. The van der Waals surface area contributed by atoms with E-state index in [0.29, 0.717) is 0 Å². The highest BCUT2D eigenvalue weighted by atomic mass is 19.1. The monoisotopic (exact) mass is 282 g/mol. The molecule has 0 radical (unpaired) electrons. The van der Waals surface area contributed by atoms with Crippen molar-refractivity contribution in [2.24, 2.45) is 0 Å². The lowest BCUT2D eigenvalue weighted by Crippen LogP contribution is -2.36. The summed E-state index contributed by atoms with van der Waals surface area (Å²) in [4.78, 5) is 23.2. The second-order valence-corrected chi connectivity index (χ2v) is 4.39. The smallest absolute Gasteiger partial charge is 0.338 e. The van der Waals surface area contributed by atoms with Gasteiger partial charge in [-0.15, -0.1) is 0 Å². The molecule has 1 amide bonds. The fraction of sp³-hybridized carbons (Fsp3) is 0.429. The Morgan fingerprint density at radius 1 is 1.35 bits per heavy atom. The first kappa shape index (κ1) is 15.9. The topological polar surface area (TPSA) is 81.4 Å². The van der Waals surface area contributed by atoms with Gasteiger partial charge in [0.2, 0.25) is 0 Å². The fourth-order valence-corrected chi connectivity index (χ4v) is 1.63. The van der Waals surface area contributed by atoms with Gasteiger partial charge in [-0.05, 0) is 31.0 Å². The van der Waals surface area contributed by atoms with E-state index < -0.39 is 11.8 Å². The van der Waals surface area contributed by atoms with E-state index in [1.54, 1.807) is 0 Å². The van der Waals surface area contributed by atoms with Crippen molar-refractivity contribution in [1.82, 2.24) is 5.32 Å². The summed E-state index contributed by atoms with van der Waals surface area (Å²) in [5.74, 6) is -1.83. The number of nitrogen functional groups attached to an aromatic ring is 1. The van der Waals surface area contributed by atoms with Crippen LogP contribution in [0.5, 0.6) is 0 Å². The third-order valence-electron chi connectivity index (χ3n) is 2.92. The number of nitrogens with two attached hydrogens (primary N) is 1. The molecule has 6 heteroatoms. The molecule has 0 aliphatic carbocycles. The lowest BCUT2D eigenvalue weighted by atomic mass is 10.2. The number of hydrogen-bond acceptors (Lipinski definition) is 4. The quantitative estimate of drug-likeness (QED) is 0.616. The molecule has 3 N–H and O–H groups in total. The number of hydrogen-bond donors (Lipinski definition) is 2. The summed E-state index contributed by atoms with van der Waals surface area (Å²) in [5.41, 5.74) is 5.28. The van der Waals surface area contributed by atoms with Gasteiger partial charge in [-0.1, -0.05) is 13.8 Å². The fourth-order valence-electron chi connectivity index (χ4n) is 1.63. The maximum absolute atomic E-state index is 13.2. The highest BCUT2D eigenvalue weighted by molar-refractivity contribution is 5.91. The molecule has 0 bridgehead atoms. The molecule has 1 aromatic carbocycles. The Morgan fingerprint density at radius 3 is 2.55 bits per heavy atom. The Balaban J connectivity index is 2.50. The molecule has 5 nitrogen and oxygen atoms in total. The first-order valence-electron chi connectivity index (χ1n) is 6.49. The summed E-state index contributed by atoms with van der Waals surface area (Å²) in [6.45, 7) is 3.52. The normalized spacial score (nSPS) is 10.4. The molecular weight excluding hydrogens is 263 g/mol. The van der Waals surface area contributed by atoms with Crippen molar-refractivity contribution < 1.29 is 18.7 Å². The number of esters is 1. The van der Waals surface area contributed by atoms with Crippen LogP contribution < -0.4 is 11.1 Å². The SMILES string of the molecule is CCC(CC)NC(=O)COC(=O)c1ccc(N)c(F)c1. The van der Waals surface area contributed by atoms with E-state index in [4.69, 9.17) is 10.5 Å². The minimum atomic E-state index is -0.761. The molecule has 110 valence electrons. The minimum absolute atomic E-state index is 0.0204. The highest BCUT2D eigenvalue weighted by Gasteiger charge is 2.13. The van der Waals surface area contributed by atoms with Crippen LogP contribution in [0.15, 0.2) is 18.2 Å². The molecule has 0 aromatic heterocycles. The second kappa shape index (κ2) is 7.47. The molecule has 0 unspecified atom stereocenters. The van der Waals surface area contributed by atoms with E-state index in [2.05, 4.69) is 5.32 Å². The van der Waals surface area contributed by atoms with Crippen molar-refractivity contribution in [2.45, 2.75) is 32.7 Å². The van der Waals surface area contributed by atoms with Crippen molar-refractivity contribution in [3.63, 3.8) is 0 Å². The van der Waals surface area contributed by atoms with Crippen LogP contribution in [0.2, 0.25) is 0 Å². The second-order valence-electron chi connectivity index (χ2n) is 4.39. The van der Waals surface area contributed by atoms with E-state index in [1.807, 2.05) is 13.8 Å². The molecule has 0 saturated carbocycles. The molecule has 0 aliphatic rings. The van der Waals surface area contributed by atoms with Gasteiger partial charge in [-0.2, -0.15) is 0 Å². The zero-order valence-electron chi connectivity index (χ0n) is 11.6. The predicted molar refractivity (Wildman–Crippen MR) is 73.6 cm³/mol. The van der Waals surface area contributed by atoms with E-state index >= 15 is 0 Å². The van der Waals surface area contributed by atoms with Crippen molar-refractivity contribution in [3.05, 3.63) is 29.6 Å². The van der Waals surface area contributed by atoms with Gasteiger partial charge in [0, 0.05) is 6.04 Å². The summed E-state index contributed by atoms with van der Waals surface area (Å²) < 4.78 is 18.0. The van der Waals surface area contributed by atoms with E-state index in [9.17, 15) is 14.0 Å². The standard InChI is InChI=1S/C14H19FN2O3/c1-3-10(4-2)17-13(18)8-20-14(19)9-5-6-12(16)11(15)7-9/h5-7,10H,3-4,8,16H2,1-2H3,(H,17,18). The zero-order chi connectivity index (χ0) is 15.1. The number of benzene rings is 1.